The molecule has 1 unspecified atom stereocenters. The van der Waals surface area contributed by atoms with Gasteiger partial charge in [-0.1, -0.05) is 18.2 Å². The molecular formula is C15H18FNO4. The number of aliphatic carboxylic acids is 1. The third-order valence-corrected chi connectivity index (χ3v) is 3.46. The number of hydrogen-bond acceptors (Lipinski definition) is 3. The Balaban J connectivity index is 1.86. The Morgan fingerprint density at radius 2 is 2.05 bits per heavy atom. The van der Waals surface area contributed by atoms with Gasteiger partial charge in [-0.3, -0.25) is 4.79 Å². The van der Waals surface area contributed by atoms with Crippen LogP contribution in [0.1, 0.15) is 25.3 Å². The van der Waals surface area contributed by atoms with Crippen LogP contribution in [0, 0.1) is 5.82 Å². The first-order chi connectivity index (χ1) is 9.97. The highest BCUT2D eigenvalue weighted by Crippen LogP contribution is 2.20. The first-order valence-corrected chi connectivity index (χ1v) is 6.89. The molecule has 5 nitrogen and oxygen atoms in total. The van der Waals surface area contributed by atoms with Crippen LogP contribution in [0.3, 0.4) is 0 Å². The van der Waals surface area contributed by atoms with Gasteiger partial charge >= 0.3 is 5.97 Å². The summed E-state index contributed by atoms with van der Waals surface area (Å²) in [4.78, 5) is 22.7. The Labute approximate surface area is 122 Å². The summed E-state index contributed by atoms with van der Waals surface area (Å²) >= 11 is 0. The Bertz CT molecular complexity index is 534. The van der Waals surface area contributed by atoms with Crippen LogP contribution in [0.4, 0.5) is 4.39 Å². The number of carbonyl (C=O) groups is 2. The molecule has 114 valence electrons. The van der Waals surface area contributed by atoms with Crippen molar-refractivity contribution >= 4 is 11.9 Å². The maximum Gasteiger partial charge on any atom is 0.332 e. The van der Waals surface area contributed by atoms with E-state index in [2.05, 4.69) is 5.32 Å². The predicted octanol–water partition coefficient (Wildman–Crippen LogP) is 1.51. The highest BCUT2D eigenvalue weighted by atomic mass is 19.1. The fraction of sp³-hybridized carbons (Fsp3) is 0.467. The van der Waals surface area contributed by atoms with Crippen LogP contribution in [0.2, 0.25) is 0 Å². The number of hydrogen-bond donors (Lipinski definition) is 2. The molecule has 0 aromatic heterocycles. The molecule has 1 aromatic rings. The second-order valence-electron chi connectivity index (χ2n) is 5.23. The van der Waals surface area contributed by atoms with E-state index in [1.54, 1.807) is 25.1 Å². The van der Waals surface area contributed by atoms with Gasteiger partial charge in [0, 0.05) is 6.04 Å². The number of ether oxygens (including phenoxy) is 1. The first kappa shape index (κ1) is 15.4. The minimum Gasteiger partial charge on any atom is -0.479 e. The van der Waals surface area contributed by atoms with Crippen molar-refractivity contribution in [2.75, 3.05) is 0 Å². The van der Waals surface area contributed by atoms with E-state index < -0.39 is 18.2 Å². The molecule has 6 heteroatoms. The molecule has 0 spiro atoms. The fourth-order valence-electron chi connectivity index (χ4n) is 2.39. The lowest BCUT2D eigenvalue weighted by Crippen LogP contribution is -2.41. The number of halogens is 1. The van der Waals surface area contributed by atoms with Crippen LogP contribution in [-0.4, -0.2) is 35.2 Å². The van der Waals surface area contributed by atoms with E-state index in [9.17, 15) is 14.0 Å². The second-order valence-corrected chi connectivity index (χ2v) is 5.23. The van der Waals surface area contributed by atoms with Crippen molar-refractivity contribution in [1.29, 1.82) is 0 Å². The van der Waals surface area contributed by atoms with Crippen molar-refractivity contribution in [1.82, 2.24) is 5.32 Å². The molecule has 1 fully saturated rings. The molecule has 0 saturated carbocycles. The van der Waals surface area contributed by atoms with E-state index in [4.69, 9.17) is 9.84 Å². The largest absolute Gasteiger partial charge is 0.479 e. The lowest BCUT2D eigenvalue weighted by atomic mass is 10.1. The molecule has 21 heavy (non-hydrogen) atoms. The molecule has 1 aromatic carbocycles. The van der Waals surface area contributed by atoms with Crippen LogP contribution >= 0.6 is 0 Å². The zero-order chi connectivity index (χ0) is 15.4. The molecule has 1 heterocycles. The van der Waals surface area contributed by atoms with Crippen molar-refractivity contribution in [3.8, 4) is 0 Å². The van der Waals surface area contributed by atoms with E-state index in [0.717, 1.165) is 0 Å². The number of amides is 1. The summed E-state index contributed by atoms with van der Waals surface area (Å²) in [6.45, 7) is 1.77. The zero-order valence-electron chi connectivity index (χ0n) is 11.7. The molecule has 1 saturated heterocycles. The zero-order valence-corrected chi connectivity index (χ0v) is 11.7. The van der Waals surface area contributed by atoms with E-state index in [1.165, 1.54) is 6.07 Å². The number of carboxylic acids is 1. The molecule has 2 N–H and O–H groups in total. The summed E-state index contributed by atoms with van der Waals surface area (Å²) in [5.74, 6) is -1.70. The standard InChI is InChI=1S/C15H18FNO4/c1-9(8-10-4-2-3-5-11(10)16)17-14(18)12-6-7-13(21-12)15(19)20/h2-5,9,12-13H,6-8H2,1H3,(H,17,18)(H,19,20)/t9?,12-,13+/m0/s1. The quantitative estimate of drug-likeness (QED) is 0.863. The molecule has 0 radical (unpaired) electrons. The molecule has 1 amide bonds. The monoisotopic (exact) mass is 295 g/mol. The van der Waals surface area contributed by atoms with Gasteiger partial charge in [0.25, 0.3) is 0 Å². The van der Waals surface area contributed by atoms with Crippen molar-refractivity contribution in [3.63, 3.8) is 0 Å². The molecular weight excluding hydrogens is 277 g/mol. The van der Waals surface area contributed by atoms with Crippen molar-refractivity contribution in [2.45, 2.75) is 44.4 Å². The number of carbonyl (C=O) groups excluding carboxylic acids is 1. The number of carboxylic acid groups (broad SMARTS) is 1. The van der Waals surface area contributed by atoms with Crippen molar-refractivity contribution in [2.24, 2.45) is 0 Å². The van der Waals surface area contributed by atoms with Gasteiger partial charge in [-0.25, -0.2) is 9.18 Å². The maximum absolute atomic E-state index is 13.5. The third-order valence-electron chi connectivity index (χ3n) is 3.46. The summed E-state index contributed by atoms with van der Waals surface area (Å²) < 4.78 is 18.7. The maximum atomic E-state index is 13.5. The molecule has 1 aliphatic rings. The SMILES string of the molecule is CC(Cc1ccccc1F)NC(=O)[C@@H]1CC[C@H](C(=O)O)O1. The van der Waals surface area contributed by atoms with Crippen LogP contribution in [-0.2, 0) is 20.7 Å². The minimum atomic E-state index is -1.05. The van der Waals surface area contributed by atoms with Crippen LogP contribution in [0.5, 0.6) is 0 Å². The molecule has 3 atom stereocenters. The minimum absolute atomic E-state index is 0.262. The smallest absolute Gasteiger partial charge is 0.332 e. The predicted molar refractivity (Wildman–Crippen MR) is 73.2 cm³/mol. The molecule has 0 bridgehead atoms. The first-order valence-electron chi connectivity index (χ1n) is 6.89. The van der Waals surface area contributed by atoms with Gasteiger partial charge in [0.1, 0.15) is 11.9 Å². The van der Waals surface area contributed by atoms with Gasteiger partial charge in [-0.15, -0.1) is 0 Å². The third kappa shape index (κ3) is 4.01. The molecule has 2 rings (SSSR count). The fourth-order valence-corrected chi connectivity index (χ4v) is 2.39. The average Bonchev–Trinajstić information content (AvgIpc) is 2.91. The van der Waals surface area contributed by atoms with E-state index >= 15 is 0 Å². The van der Waals surface area contributed by atoms with E-state index in [1.807, 2.05) is 0 Å². The Morgan fingerprint density at radius 1 is 1.38 bits per heavy atom. The number of rotatable bonds is 5. The lowest BCUT2D eigenvalue weighted by Gasteiger charge is -2.17. The number of nitrogens with one attached hydrogen (secondary N) is 1. The van der Waals surface area contributed by atoms with Gasteiger partial charge < -0.3 is 15.2 Å². The topological polar surface area (TPSA) is 75.6 Å². The Hall–Kier alpha value is -1.95. The van der Waals surface area contributed by atoms with Crippen LogP contribution in [0.25, 0.3) is 0 Å². The Kier molecular flexibility index (Phi) is 4.90. The lowest BCUT2D eigenvalue weighted by molar-refractivity contribution is -0.151. The summed E-state index contributed by atoms with van der Waals surface area (Å²) in [7, 11) is 0. The van der Waals surface area contributed by atoms with Crippen molar-refractivity contribution < 1.29 is 23.8 Å². The van der Waals surface area contributed by atoms with Crippen molar-refractivity contribution in [3.05, 3.63) is 35.6 Å². The summed E-state index contributed by atoms with van der Waals surface area (Å²) in [6, 6.07) is 6.14. The van der Waals surface area contributed by atoms with Crippen LogP contribution < -0.4 is 5.32 Å². The Morgan fingerprint density at radius 3 is 2.67 bits per heavy atom. The molecule has 0 aliphatic carbocycles. The van der Waals surface area contributed by atoms with Gasteiger partial charge in [0.2, 0.25) is 5.91 Å². The van der Waals surface area contributed by atoms with E-state index in [0.29, 0.717) is 24.8 Å². The van der Waals surface area contributed by atoms with Gasteiger partial charge in [-0.2, -0.15) is 0 Å². The highest BCUT2D eigenvalue weighted by molar-refractivity contribution is 5.82. The normalized spacial score (nSPS) is 22.8. The van der Waals surface area contributed by atoms with Gasteiger partial charge in [0.05, 0.1) is 0 Å². The molecule has 1 aliphatic heterocycles. The van der Waals surface area contributed by atoms with Crippen LogP contribution in [0.15, 0.2) is 24.3 Å². The summed E-state index contributed by atoms with van der Waals surface area (Å²) in [5, 5.41) is 11.6. The highest BCUT2D eigenvalue weighted by Gasteiger charge is 2.35. The second kappa shape index (κ2) is 6.67. The summed E-state index contributed by atoms with van der Waals surface area (Å²) in [5.41, 5.74) is 0.529. The van der Waals surface area contributed by atoms with Gasteiger partial charge in [-0.05, 0) is 37.8 Å². The van der Waals surface area contributed by atoms with Gasteiger partial charge in [0.15, 0.2) is 6.10 Å². The number of benzene rings is 1. The average molecular weight is 295 g/mol. The summed E-state index contributed by atoms with van der Waals surface area (Å²) in [6.07, 6.45) is -0.575. The van der Waals surface area contributed by atoms with E-state index in [-0.39, 0.29) is 17.8 Å².